The maximum absolute atomic E-state index is 5.29. The summed E-state index contributed by atoms with van der Waals surface area (Å²) in [6.07, 6.45) is 1.93. The van der Waals surface area contributed by atoms with Gasteiger partial charge in [0, 0.05) is 22.4 Å². The fourth-order valence-corrected chi connectivity index (χ4v) is 2.58. The molecule has 116 valence electrons. The number of para-hydroxylation sites is 1. The van der Waals surface area contributed by atoms with Crippen LogP contribution in [0.1, 0.15) is 5.56 Å². The van der Waals surface area contributed by atoms with Crippen molar-refractivity contribution >= 4 is 44.8 Å². The van der Waals surface area contributed by atoms with E-state index in [-0.39, 0.29) is 0 Å². The Kier molecular flexibility index (Phi) is 5.05. The van der Waals surface area contributed by atoms with Crippen LogP contribution >= 0.6 is 28.1 Å². The highest BCUT2D eigenvalue weighted by Crippen LogP contribution is 2.12. The van der Waals surface area contributed by atoms with E-state index in [1.165, 1.54) is 5.56 Å². The van der Waals surface area contributed by atoms with Gasteiger partial charge in [-0.05, 0) is 42.0 Å². The molecule has 2 aromatic carbocycles. The predicted octanol–water partition coefficient (Wildman–Crippen LogP) is 4.50. The summed E-state index contributed by atoms with van der Waals surface area (Å²) in [6, 6.07) is 19.9. The number of rotatable bonds is 4. The molecule has 0 bridgehead atoms. The van der Waals surface area contributed by atoms with Crippen LogP contribution in [0, 0.1) is 0 Å². The van der Waals surface area contributed by atoms with Gasteiger partial charge in [-0.3, -0.25) is 4.68 Å². The number of halogens is 1. The van der Waals surface area contributed by atoms with Crippen molar-refractivity contribution in [1.29, 1.82) is 0 Å². The maximum Gasteiger partial charge on any atom is 0.176 e. The van der Waals surface area contributed by atoms with Crippen molar-refractivity contribution in [2.75, 3.05) is 10.6 Å². The summed E-state index contributed by atoms with van der Waals surface area (Å²) >= 11 is 8.73. The molecule has 3 aromatic rings. The summed E-state index contributed by atoms with van der Waals surface area (Å²) in [6.45, 7) is 0.716. The van der Waals surface area contributed by atoms with Crippen LogP contribution in [0.3, 0.4) is 0 Å². The third-order valence-corrected chi connectivity index (χ3v) is 3.90. The van der Waals surface area contributed by atoms with Crippen molar-refractivity contribution in [2.24, 2.45) is 0 Å². The molecular weight excluding hydrogens is 372 g/mol. The zero-order valence-corrected chi connectivity index (χ0v) is 14.6. The second-order valence-electron chi connectivity index (χ2n) is 4.97. The Balaban J connectivity index is 1.58. The van der Waals surface area contributed by atoms with E-state index in [4.69, 9.17) is 12.2 Å². The topological polar surface area (TPSA) is 41.9 Å². The van der Waals surface area contributed by atoms with Gasteiger partial charge in [0.2, 0.25) is 0 Å². The van der Waals surface area contributed by atoms with E-state index in [1.807, 2.05) is 59.4 Å². The lowest BCUT2D eigenvalue weighted by Gasteiger charge is -2.08. The Morgan fingerprint density at radius 1 is 1.00 bits per heavy atom. The second kappa shape index (κ2) is 7.39. The molecule has 3 rings (SSSR count). The van der Waals surface area contributed by atoms with Gasteiger partial charge >= 0.3 is 0 Å². The molecule has 0 radical (unpaired) electrons. The largest absolute Gasteiger partial charge is 0.332 e. The Morgan fingerprint density at radius 3 is 2.48 bits per heavy atom. The van der Waals surface area contributed by atoms with E-state index >= 15 is 0 Å². The molecule has 1 heterocycles. The Labute approximate surface area is 148 Å². The highest BCUT2D eigenvalue weighted by Gasteiger charge is 2.03. The van der Waals surface area contributed by atoms with E-state index in [9.17, 15) is 0 Å². The lowest BCUT2D eigenvalue weighted by molar-refractivity contribution is 0.690. The van der Waals surface area contributed by atoms with Gasteiger partial charge in [0.15, 0.2) is 10.9 Å². The number of anilines is 2. The fraction of sp³-hybridized carbons (Fsp3) is 0.0588. The molecule has 0 fully saturated rings. The number of benzene rings is 2. The van der Waals surface area contributed by atoms with Gasteiger partial charge in [0.1, 0.15) is 0 Å². The molecule has 0 aliphatic rings. The first-order chi connectivity index (χ1) is 11.2. The van der Waals surface area contributed by atoms with Gasteiger partial charge in [-0.1, -0.05) is 46.3 Å². The monoisotopic (exact) mass is 386 g/mol. The van der Waals surface area contributed by atoms with Crippen LogP contribution in [0.5, 0.6) is 0 Å². The normalized spacial score (nSPS) is 10.3. The first-order valence-corrected chi connectivity index (χ1v) is 8.30. The average molecular weight is 387 g/mol. The maximum atomic E-state index is 5.29. The first-order valence-electron chi connectivity index (χ1n) is 7.10. The summed E-state index contributed by atoms with van der Waals surface area (Å²) in [4.78, 5) is 0. The number of thiocarbonyl (C=S) groups is 1. The zero-order chi connectivity index (χ0) is 16.1. The van der Waals surface area contributed by atoms with E-state index < -0.39 is 0 Å². The quantitative estimate of drug-likeness (QED) is 0.647. The molecule has 23 heavy (non-hydrogen) atoms. The summed E-state index contributed by atoms with van der Waals surface area (Å²) in [5.41, 5.74) is 2.13. The lowest BCUT2D eigenvalue weighted by atomic mass is 10.2. The van der Waals surface area contributed by atoms with Crippen molar-refractivity contribution < 1.29 is 0 Å². The Hall–Kier alpha value is -2.18. The highest BCUT2D eigenvalue weighted by molar-refractivity contribution is 9.10. The van der Waals surface area contributed by atoms with Crippen LogP contribution in [-0.2, 0) is 6.54 Å². The van der Waals surface area contributed by atoms with Crippen molar-refractivity contribution in [3.05, 3.63) is 76.9 Å². The van der Waals surface area contributed by atoms with E-state index in [2.05, 4.69) is 43.8 Å². The van der Waals surface area contributed by atoms with Crippen LogP contribution in [0.15, 0.2) is 71.3 Å². The number of hydrogen-bond donors (Lipinski definition) is 2. The summed E-state index contributed by atoms with van der Waals surface area (Å²) in [5.74, 6) is 0.718. The van der Waals surface area contributed by atoms with Crippen molar-refractivity contribution in [2.45, 2.75) is 6.54 Å². The molecule has 0 unspecified atom stereocenters. The minimum absolute atomic E-state index is 0.519. The molecule has 0 saturated carbocycles. The second-order valence-corrected chi connectivity index (χ2v) is 6.29. The number of aromatic nitrogens is 2. The minimum atomic E-state index is 0.519. The van der Waals surface area contributed by atoms with Crippen LogP contribution in [0.4, 0.5) is 11.5 Å². The molecule has 0 spiro atoms. The SMILES string of the molecule is S=C(Nc1ccccc1)Nc1ccn(Cc2ccc(Br)cc2)n1. The van der Waals surface area contributed by atoms with Crippen LogP contribution in [0.2, 0.25) is 0 Å². The molecule has 0 aliphatic carbocycles. The van der Waals surface area contributed by atoms with Gasteiger partial charge in [0.05, 0.1) is 6.54 Å². The third kappa shape index (κ3) is 4.64. The smallest absolute Gasteiger partial charge is 0.176 e. The zero-order valence-electron chi connectivity index (χ0n) is 12.2. The van der Waals surface area contributed by atoms with Crippen LogP contribution in [0.25, 0.3) is 0 Å². The van der Waals surface area contributed by atoms with Crippen LogP contribution in [-0.4, -0.2) is 14.9 Å². The van der Waals surface area contributed by atoms with E-state index in [1.54, 1.807) is 0 Å². The number of nitrogens with zero attached hydrogens (tertiary/aromatic N) is 2. The Morgan fingerprint density at radius 2 is 1.74 bits per heavy atom. The standard InChI is InChI=1S/C17H15BrN4S/c18-14-8-6-13(7-9-14)12-22-11-10-16(21-22)20-17(23)19-15-4-2-1-3-5-15/h1-11H,12H2,(H2,19,20,21,23). The Bertz CT molecular complexity index is 784. The molecule has 0 atom stereocenters. The van der Waals surface area contributed by atoms with Gasteiger partial charge in [0.25, 0.3) is 0 Å². The summed E-state index contributed by atoms with van der Waals surface area (Å²) in [5, 5.41) is 11.2. The number of nitrogens with one attached hydrogen (secondary N) is 2. The summed E-state index contributed by atoms with van der Waals surface area (Å²) < 4.78 is 2.94. The highest BCUT2D eigenvalue weighted by atomic mass is 79.9. The molecule has 4 nitrogen and oxygen atoms in total. The van der Waals surface area contributed by atoms with Crippen molar-refractivity contribution in [3.63, 3.8) is 0 Å². The summed E-state index contributed by atoms with van der Waals surface area (Å²) in [7, 11) is 0. The molecule has 1 aromatic heterocycles. The van der Waals surface area contributed by atoms with Gasteiger partial charge in [-0.25, -0.2) is 0 Å². The molecular formula is C17H15BrN4S. The minimum Gasteiger partial charge on any atom is -0.332 e. The first kappa shape index (κ1) is 15.7. The van der Waals surface area contributed by atoms with Gasteiger partial charge in [-0.2, -0.15) is 5.10 Å². The molecule has 0 saturated heterocycles. The number of hydrogen-bond acceptors (Lipinski definition) is 2. The van der Waals surface area contributed by atoms with Gasteiger partial charge < -0.3 is 10.6 Å². The molecule has 0 aliphatic heterocycles. The third-order valence-electron chi connectivity index (χ3n) is 3.17. The van der Waals surface area contributed by atoms with Crippen molar-refractivity contribution in [1.82, 2.24) is 9.78 Å². The molecule has 0 amide bonds. The van der Waals surface area contributed by atoms with Crippen molar-refractivity contribution in [3.8, 4) is 0 Å². The van der Waals surface area contributed by atoms with Gasteiger partial charge in [-0.15, -0.1) is 0 Å². The van der Waals surface area contributed by atoms with E-state index in [0.29, 0.717) is 11.7 Å². The average Bonchev–Trinajstić information content (AvgIpc) is 2.97. The lowest BCUT2D eigenvalue weighted by Crippen LogP contribution is -2.19. The van der Waals surface area contributed by atoms with Crippen LogP contribution < -0.4 is 10.6 Å². The fourth-order valence-electron chi connectivity index (χ4n) is 2.09. The molecule has 2 N–H and O–H groups in total. The van der Waals surface area contributed by atoms with E-state index in [0.717, 1.165) is 16.0 Å². The predicted molar refractivity (Wildman–Crippen MR) is 102 cm³/mol. The molecule has 6 heteroatoms.